The van der Waals surface area contributed by atoms with Gasteiger partial charge in [-0.3, -0.25) is 15.0 Å². The van der Waals surface area contributed by atoms with E-state index in [4.69, 9.17) is 10.1 Å². The summed E-state index contributed by atoms with van der Waals surface area (Å²) >= 11 is 1.53. The molecule has 0 saturated heterocycles. The van der Waals surface area contributed by atoms with Crippen molar-refractivity contribution < 1.29 is 4.79 Å². The Morgan fingerprint density at radius 1 is 1.28 bits per heavy atom. The van der Waals surface area contributed by atoms with Gasteiger partial charge in [-0.15, -0.1) is 0 Å². The van der Waals surface area contributed by atoms with Gasteiger partial charge in [0.15, 0.2) is 5.13 Å². The second-order valence-electron chi connectivity index (χ2n) is 8.73. The maximum absolute atomic E-state index is 12.3. The fourth-order valence-electron chi connectivity index (χ4n) is 3.90. The third-order valence-corrected chi connectivity index (χ3v) is 6.51. The second-order valence-corrected chi connectivity index (χ2v) is 9.73. The van der Waals surface area contributed by atoms with E-state index in [1.54, 1.807) is 0 Å². The SMILES string of the molecule is Cc1ccc(-c2nn(C(C)C)c3c2CCc2nc(NC(=O)NCCCN(C)C)sc2-3)cn1. The maximum Gasteiger partial charge on any atom is 0.321 e. The standard InChI is InChI=1S/C23H31N7OS/c1-14(2)30-20-17(19(28-30)16-8-7-15(3)25-13-16)9-10-18-21(20)32-23(26-18)27-22(31)24-11-6-12-29(4)5/h7-8,13-14H,6,9-12H2,1-5H3,(H2,24,26,27,31). The largest absolute Gasteiger partial charge is 0.338 e. The number of hydrogen-bond donors (Lipinski definition) is 2. The Morgan fingerprint density at radius 3 is 2.78 bits per heavy atom. The third-order valence-electron chi connectivity index (χ3n) is 5.49. The topological polar surface area (TPSA) is 88.0 Å². The Kier molecular flexibility index (Phi) is 6.57. The third kappa shape index (κ3) is 4.68. The molecule has 0 saturated carbocycles. The maximum atomic E-state index is 12.3. The molecule has 8 nitrogen and oxygen atoms in total. The molecular formula is C23H31N7OS. The van der Waals surface area contributed by atoms with Crippen LogP contribution in [-0.2, 0) is 12.8 Å². The molecule has 1 aliphatic carbocycles. The Bertz CT molecular complexity index is 1100. The van der Waals surface area contributed by atoms with Gasteiger partial charge in [0, 0.05) is 35.6 Å². The molecule has 0 aromatic carbocycles. The molecular weight excluding hydrogens is 422 g/mol. The monoisotopic (exact) mass is 453 g/mol. The molecule has 3 heterocycles. The summed E-state index contributed by atoms with van der Waals surface area (Å²) in [5.41, 5.74) is 6.41. The number of fused-ring (bicyclic) bond motifs is 3. The van der Waals surface area contributed by atoms with Crippen LogP contribution in [0.1, 0.15) is 43.3 Å². The van der Waals surface area contributed by atoms with Crippen LogP contribution in [0.25, 0.3) is 21.8 Å². The molecule has 170 valence electrons. The first-order chi connectivity index (χ1) is 15.3. The fourth-order valence-corrected chi connectivity index (χ4v) is 4.97. The molecule has 0 aliphatic heterocycles. The molecule has 2 N–H and O–H groups in total. The zero-order valence-electron chi connectivity index (χ0n) is 19.4. The van der Waals surface area contributed by atoms with Crippen molar-refractivity contribution in [1.82, 2.24) is 30.0 Å². The van der Waals surface area contributed by atoms with E-state index in [1.807, 2.05) is 33.3 Å². The normalized spacial score (nSPS) is 12.7. The zero-order valence-corrected chi connectivity index (χ0v) is 20.2. The molecule has 1 aliphatic rings. The Morgan fingerprint density at radius 2 is 2.09 bits per heavy atom. The van der Waals surface area contributed by atoms with Crippen LogP contribution in [0.2, 0.25) is 0 Å². The van der Waals surface area contributed by atoms with Crippen LogP contribution in [0.5, 0.6) is 0 Å². The minimum atomic E-state index is -0.209. The van der Waals surface area contributed by atoms with Gasteiger partial charge in [-0.25, -0.2) is 9.78 Å². The summed E-state index contributed by atoms with van der Waals surface area (Å²) in [6.07, 6.45) is 4.51. The average Bonchev–Trinajstić information content (AvgIpc) is 3.32. The van der Waals surface area contributed by atoms with E-state index in [0.29, 0.717) is 11.7 Å². The minimum Gasteiger partial charge on any atom is -0.338 e. The van der Waals surface area contributed by atoms with Crippen LogP contribution in [0.3, 0.4) is 0 Å². The highest BCUT2D eigenvalue weighted by atomic mass is 32.1. The molecule has 2 amide bonds. The lowest BCUT2D eigenvalue weighted by Crippen LogP contribution is -2.31. The van der Waals surface area contributed by atoms with Gasteiger partial charge in [0.25, 0.3) is 0 Å². The molecule has 0 unspecified atom stereocenters. The van der Waals surface area contributed by atoms with Crippen molar-refractivity contribution in [1.29, 1.82) is 0 Å². The highest BCUT2D eigenvalue weighted by Crippen LogP contribution is 2.43. The van der Waals surface area contributed by atoms with Crippen LogP contribution in [0.4, 0.5) is 9.93 Å². The predicted molar refractivity (Wildman–Crippen MR) is 129 cm³/mol. The van der Waals surface area contributed by atoms with Crippen LogP contribution < -0.4 is 10.6 Å². The van der Waals surface area contributed by atoms with E-state index in [9.17, 15) is 4.79 Å². The molecule has 0 spiro atoms. The Hall–Kier alpha value is -2.78. The number of amides is 2. The summed E-state index contributed by atoms with van der Waals surface area (Å²) in [5, 5.41) is 11.4. The number of thiazole rings is 1. The van der Waals surface area contributed by atoms with Gasteiger partial charge in [-0.2, -0.15) is 5.10 Å². The number of nitrogens with zero attached hydrogens (tertiary/aromatic N) is 5. The molecule has 0 fully saturated rings. The van der Waals surface area contributed by atoms with E-state index in [2.05, 4.69) is 45.1 Å². The fraction of sp³-hybridized carbons (Fsp3) is 0.478. The summed E-state index contributed by atoms with van der Waals surface area (Å²) in [7, 11) is 4.05. The molecule has 3 aromatic heterocycles. The molecule has 4 rings (SSSR count). The Labute approximate surface area is 193 Å². The Balaban J connectivity index is 1.59. The van der Waals surface area contributed by atoms with Crippen molar-refractivity contribution in [2.45, 2.75) is 46.1 Å². The molecule has 3 aromatic rings. The molecule has 32 heavy (non-hydrogen) atoms. The summed E-state index contributed by atoms with van der Waals surface area (Å²) < 4.78 is 2.09. The average molecular weight is 454 g/mol. The number of hydrogen-bond acceptors (Lipinski definition) is 6. The smallest absolute Gasteiger partial charge is 0.321 e. The minimum absolute atomic E-state index is 0.209. The van der Waals surface area contributed by atoms with Crippen LogP contribution in [0.15, 0.2) is 18.3 Å². The van der Waals surface area contributed by atoms with Crippen LogP contribution in [-0.4, -0.2) is 57.9 Å². The summed E-state index contributed by atoms with van der Waals surface area (Å²) in [4.78, 5) is 24.7. The van der Waals surface area contributed by atoms with Crippen molar-refractivity contribution in [3.8, 4) is 21.8 Å². The lowest BCUT2D eigenvalue weighted by molar-refractivity contribution is 0.251. The lowest BCUT2D eigenvalue weighted by Gasteiger charge is -2.15. The van der Waals surface area contributed by atoms with Gasteiger partial charge in [0.1, 0.15) is 0 Å². The number of nitrogens with one attached hydrogen (secondary N) is 2. The predicted octanol–water partition coefficient (Wildman–Crippen LogP) is 4.13. The number of rotatable bonds is 7. The zero-order chi connectivity index (χ0) is 22.8. The van der Waals surface area contributed by atoms with Gasteiger partial charge in [0.05, 0.1) is 22.0 Å². The number of carbonyl (C=O) groups is 1. The van der Waals surface area contributed by atoms with E-state index in [-0.39, 0.29) is 12.1 Å². The highest BCUT2D eigenvalue weighted by Gasteiger charge is 2.30. The van der Waals surface area contributed by atoms with Crippen molar-refractivity contribution in [3.63, 3.8) is 0 Å². The number of pyridine rings is 1. The first kappa shape index (κ1) is 22.4. The van der Waals surface area contributed by atoms with E-state index in [1.165, 1.54) is 16.9 Å². The number of carbonyl (C=O) groups excluding carboxylic acids is 1. The van der Waals surface area contributed by atoms with Crippen molar-refractivity contribution in [2.75, 3.05) is 32.5 Å². The van der Waals surface area contributed by atoms with Gasteiger partial charge < -0.3 is 10.2 Å². The number of aryl methyl sites for hydroxylation is 2. The highest BCUT2D eigenvalue weighted by molar-refractivity contribution is 7.19. The van der Waals surface area contributed by atoms with Gasteiger partial charge in [-0.05, 0) is 72.8 Å². The number of aromatic nitrogens is 4. The van der Waals surface area contributed by atoms with Crippen LogP contribution >= 0.6 is 11.3 Å². The molecule has 0 bridgehead atoms. The van der Waals surface area contributed by atoms with E-state index >= 15 is 0 Å². The van der Waals surface area contributed by atoms with Crippen molar-refractivity contribution in [3.05, 3.63) is 35.3 Å². The number of anilines is 1. The summed E-state index contributed by atoms with van der Waals surface area (Å²) in [6.45, 7) is 7.84. The molecule has 0 atom stereocenters. The lowest BCUT2D eigenvalue weighted by atomic mass is 9.95. The quantitative estimate of drug-likeness (QED) is 0.525. The van der Waals surface area contributed by atoms with Crippen molar-refractivity contribution >= 4 is 22.5 Å². The summed E-state index contributed by atoms with van der Waals surface area (Å²) in [6, 6.07) is 4.11. The first-order valence-corrected chi connectivity index (χ1v) is 11.9. The van der Waals surface area contributed by atoms with Gasteiger partial charge in [-0.1, -0.05) is 11.3 Å². The number of urea groups is 1. The van der Waals surface area contributed by atoms with Gasteiger partial charge >= 0.3 is 6.03 Å². The molecule has 9 heteroatoms. The van der Waals surface area contributed by atoms with Crippen molar-refractivity contribution in [2.24, 2.45) is 0 Å². The van der Waals surface area contributed by atoms with Crippen LogP contribution in [0, 0.1) is 6.92 Å². The first-order valence-electron chi connectivity index (χ1n) is 11.1. The molecule has 0 radical (unpaired) electrons. The van der Waals surface area contributed by atoms with E-state index < -0.39 is 0 Å². The van der Waals surface area contributed by atoms with Gasteiger partial charge in [0.2, 0.25) is 0 Å². The van der Waals surface area contributed by atoms with E-state index in [0.717, 1.165) is 59.0 Å². The second kappa shape index (κ2) is 9.38. The summed E-state index contributed by atoms with van der Waals surface area (Å²) in [5.74, 6) is 0.